The maximum Gasteiger partial charge on any atom is 0.0636 e. The fourth-order valence-electron chi connectivity index (χ4n) is 0.975. The van der Waals surface area contributed by atoms with Crippen LogP contribution in [0.1, 0.15) is 16.6 Å². The topological polar surface area (TPSA) is 0 Å². The van der Waals surface area contributed by atoms with E-state index in [1.165, 1.54) is 0 Å². The molecule has 0 aromatic heterocycles. The van der Waals surface area contributed by atoms with Crippen molar-refractivity contribution >= 4 is 0 Å². The van der Waals surface area contributed by atoms with E-state index >= 15 is 0 Å². The summed E-state index contributed by atoms with van der Waals surface area (Å²) in [7, 11) is 0. The molecule has 2 aromatic rings. The van der Waals surface area contributed by atoms with Crippen molar-refractivity contribution in [2.75, 3.05) is 0 Å². The quantitative estimate of drug-likeness (QED) is 0.549. The number of benzene rings is 2. The van der Waals surface area contributed by atoms with Crippen LogP contribution in [0.5, 0.6) is 0 Å². The SMILES string of the molecule is [2H]c1cccc([2H])c1C#Cc1c([2H])cccc1[2H]. The summed E-state index contributed by atoms with van der Waals surface area (Å²) in [6.45, 7) is 0. The molecule has 0 aliphatic heterocycles. The van der Waals surface area contributed by atoms with Crippen molar-refractivity contribution in [2.45, 2.75) is 0 Å². The molecule has 0 heterocycles. The van der Waals surface area contributed by atoms with Crippen LogP contribution in [0, 0.1) is 11.8 Å². The van der Waals surface area contributed by atoms with Gasteiger partial charge in [0.25, 0.3) is 0 Å². The molecule has 2 aromatic carbocycles. The van der Waals surface area contributed by atoms with Gasteiger partial charge in [-0.3, -0.25) is 0 Å². The second-order valence-electron chi connectivity index (χ2n) is 2.63. The lowest BCUT2D eigenvalue weighted by atomic mass is 10.2. The molecule has 0 spiro atoms. The molecule has 0 saturated carbocycles. The summed E-state index contributed by atoms with van der Waals surface area (Å²) < 4.78 is 30.7. The molecular formula is C14H10. The van der Waals surface area contributed by atoms with Gasteiger partial charge in [0.05, 0.1) is 5.48 Å². The van der Waals surface area contributed by atoms with E-state index in [1.807, 2.05) is 0 Å². The Hall–Kier alpha value is -2.00. The molecule has 66 valence electrons. The summed E-state index contributed by atoms with van der Waals surface area (Å²) in [5.41, 5.74) is 0.639. The number of rotatable bonds is 0. The molecule has 0 bridgehead atoms. The van der Waals surface area contributed by atoms with Gasteiger partial charge in [0.1, 0.15) is 0 Å². The zero-order valence-electron chi connectivity index (χ0n) is 11.5. The summed E-state index contributed by atoms with van der Waals surface area (Å²) >= 11 is 0. The van der Waals surface area contributed by atoms with Gasteiger partial charge in [-0.2, -0.15) is 0 Å². The Morgan fingerprint density at radius 2 is 1.00 bits per heavy atom. The minimum absolute atomic E-state index is 0.184. The molecule has 0 nitrogen and oxygen atoms in total. The van der Waals surface area contributed by atoms with Gasteiger partial charge in [-0.15, -0.1) is 0 Å². The third-order valence-corrected chi connectivity index (χ3v) is 1.61. The van der Waals surface area contributed by atoms with Gasteiger partial charge < -0.3 is 0 Å². The average molecular weight is 182 g/mol. The highest BCUT2D eigenvalue weighted by atomic mass is 13.9. The molecule has 0 fully saturated rings. The van der Waals surface area contributed by atoms with Crippen molar-refractivity contribution in [1.82, 2.24) is 0 Å². The van der Waals surface area contributed by atoms with Gasteiger partial charge in [0.2, 0.25) is 0 Å². The third kappa shape index (κ3) is 2.24. The molecule has 0 radical (unpaired) electrons. The maximum atomic E-state index is 7.67. The van der Waals surface area contributed by atoms with Gasteiger partial charge in [-0.1, -0.05) is 48.2 Å². The Labute approximate surface area is 89.8 Å². The lowest BCUT2D eigenvalue weighted by Crippen LogP contribution is -1.73. The Morgan fingerprint density at radius 3 is 1.36 bits per heavy atom. The molecule has 0 aliphatic carbocycles. The van der Waals surface area contributed by atoms with Crippen LogP contribution in [0.25, 0.3) is 0 Å². The first-order valence-corrected chi connectivity index (χ1v) is 4.24. The van der Waals surface area contributed by atoms with Crippen molar-refractivity contribution in [3.63, 3.8) is 0 Å². The van der Waals surface area contributed by atoms with E-state index in [-0.39, 0.29) is 24.2 Å². The van der Waals surface area contributed by atoms with Crippen LogP contribution < -0.4 is 0 Å². The zero-order chi connectivity index (χ0) is 13.1. The van der Waals surface area contributed by atoms with Crippen molar-refractivity contribution in [2.24, 2.45) is 0 Å². The van der Waals surface area contributed by atoms with Crippen molar-refractivity contribution < 1.29 is 5.48 Å². The van der Waals surface area contributed by atoms with E-state index in [0.29, 0.717) is 11.1 Å². The molecule has 0 aliphatic rings. The minimum Gasteiger partial charge on any atom is -0.0622 e. The minimum atomic E-state index is 0.184. The highest BCUT2D eigenvalue weighted by Gasteiger charge is 1.83. The first-order valence-electron chi connectivity index (χ1n) is 6.24. The molecule has 2 rings (SSSR count). The summed E-state index contributed by atoms with van der Waals surface area (Å²) in [4.78, 5) is 0. The smallest absolute Gasteiger partial charge is 0.0622 e. The second-order valence-corrected chi connectivity index (χ2v) is 2.63. The van der Waals surface area contributed by atoms with Gasteiger partial charge >= 0.3 is 0 Å². The highest BCUT2D eigenvalue weighted by Crippen LogP contribution is 1.98. The molecular weight excluding hydrogens is 168 g/mol. The van der Waals surface area contributed by atoms with Gasteiger partial charge in [0.15, 0.2) is 0 Å². The van der Waals surface area contributed by atoms with Gasteiger partial charge in [-0.25, -0.2) is 0 Å². The van der Waals surface area contributed by atoms with Crippen molar-refractivity contribution in [1.29, 1.82) is 0 Å². The standard InChI is InChI=1S/C14H10/c1-3-7-13(8-4-1)11-12-14-9-5-2-6-10-14/h1-10H/i7D,8D,9D,10D. The van der Waals surface area contributed by atoms with Gasteiger partial charge in [-0.05, 0) is 24.2 Å². The van der Waals surface area contributed by atoms with E-state index in [4.69, 9.17) is 5.48 Å². The first kappa shape index (κ1) is 5.02. The summed E-state index contributed by atoms with van der Waals surface area (Å²) in [6.07, 6.45) is 0. The summed E-state index contributed by atoms with van der Waals surface area (Å²) in [5.74, 6) is 5.43. The fourth-order valence-corrected chi connectivity index (χ4v) is 0.975. The largest absolute Gasteiger partial charge is 0.0636 e. The monoisotopic (exact) mass is 182 g/mol. The third-order valence-electron chi connectivity index (χ3n) is 1.61. The van der Waals surface area contributed by atoms with Crippen LogP contribution in [0.3, 0.4) is 0 Å². The number of hydrogen-bond donors (Lipinski definition) is 0. The van der Waals surface area contributed by atoms with Crippen LogP contribution >= 0.6 is 0 Å². The van der Waals surface area contributed by atoms with E-state index < -0.39 is 0 Å². The van der Waals surface area contributed by atoms with Gasteiger partial charge in [0, 0.05) is 11.1 Å². The van der Waals surface area contributed by atoms with E-state index in [9.17, 15) is 0 Å². The lowest BCUT2D eigenvalue weighted by molar-refractivity contribution is 1.62. The Morgan fingerprint density at radius 1 is 0.643 bits per heavy atom. The predicted molar refractivity (Wildman–Crippen MR) is 58.9 cm³/mol. The highest BCUT2D eigenvalue weighted by molar-refractivity contribution is 5.42. The van der Waals surface area contributed by atoms with Crippen LogP contribution in [0.4, 0.5) is 0 Å². The Balaban J connectivity index is 2.50. The Bertz CT molecular complexity index is 555. The molecule has 0 atom stereocenters. The van der Waals surface area contributed by atoms with Crippen LogP contribution in [-0.4, -0.2) is 0 Å². The summed E-state index contributed by atoms with van der Waals surface area (Å²) in [6, 6.07) is 10.3. The Kier molecular flexibility index (Phi) is 1.54. The maximum absolute atomic E-state index is 7.67. The second kappa shape index (κ2) is 4.30. The molecule has 0 heteroatoms. The fraction of sp³-hybridized carbons (Fsp3) is 0. The van der Waals surface area contributed by atoms with E-state index in [0.717, 1.165) is 0 Å². The predicted octanol–water partition coefficient (Wildman–Crippen LogP) is 3.09. The number of hydrogen-bond acceptors (Lipinski definition) is 0. The molecule has 0 amide bonds. The average Bonchev–Trinajstić information content (AvgIpc) is 2.31. The van der Waals surface area contributed by atoms with Crippen LogP contribution in [0.15, 0.2) is 60.6 Å². The van der Waals surface area contributed by atoms with Crippen molar-refractivity contribution in [3.05, 3.63) is 71.7 Å². The molecule has 14 heavy (non-hydrogen) atoms. The molecule has 0 unspecified atom stereocenters. The summed E-state index contributed by atoms with van der Waals surface area (Å²) in [5, 5.41) is 0. The molecule has 0 saturated heterocycles. The van der Waals surface area contributed by atoms with E-state index in [2.05, 4.69) is 11.8 Å². The van der Waals surface area contributed by atoms with Crippen LogP contribution in [0.2, 0.25) is 0 Å². The van der Waals surface area contributed by atoms with Crippen LogP contribution in [-0.2, 0) is 0 Å². The van der Waals surface area contributed by atoms with E-state index in [1.54, 1.807) is 36.4 Å². The van der Waals surface area contributed by atoms with Crippen molar-refractivity contribution in [3.8, 4) is 11.8 Å². The lowest BCUT2D eigenvalue weighted by Gasteiger charge is -1.88. The normalized spacial score (nSPS) is 12.9. The zero-order valence-corrected chi connectivity index (χ0v) is 7.46. The first-order chi connectivity index (χ1) is 8.59. The molecule has 0 N–H and O–H groups in total.